The van der Waals surface area contributed by atoms with Gasteiger partial charge in [0.1, 0.15) is 5.54 Å². The lowest BCUT2D eigenvalue weighted by molar-refractivity contribution is -0.124. The largest absolute Gasteiger partial charge is 0.368 e. The SMILES string of the molecule is CNC(C)(CN1CCC(C(C)(C)C)C1)C(N)=O. The molecule has 1 amide bonds. The minimum atomic E-state index is -0.618. The smallest absolute Gasteiger partial charge is 0.238 e. The molecule has 0 saturated carbocycles. The highest BCUT2D eigenvalue weighted by molar-refractivity contribution is 5.84. The van der Waals surface area contributed by atoms with E-state index in [0.717, 1.165) is 13.1 Å². The topological polar surface area (TPSA) is 58.4 Å². The fourth-order valence-electron chi connectivity index (χ4n) is 2.41. The molecule has 1 heterocycles. The fourth-order valence-corrected chi connectivity index (χ4v) is 2.41. The highest BCUT2D eigenvalue weighted by Crippen LogP contribution is 2.33. The van der Waals surface area contributed by atoms with Gasteiger partial charge in [-0.2, -0.15) is 0 Å². The second-order valence-electron chi connectivity index (χ2n) is 6.53. The van der Waals surface area contributed by atoms with Gasteiger partial charge in [-0.3, -0.25) is 4.79 Å². The summed E-state index contributed by atoms with van der Waals surface area (Å²) in [5.74, 6) is 0.427. The second-order valence-corrected chi connectivity index (χ2v) is 6.53. The lowest BCUT2D eigenvalue weighted by Crippen LogP contribution is -2.58. The first-order valence-corrected chi connectivity index (χ1v) is 6.40. The lowest BCUT2D eigenvalue weighted by Gasteiger charge is -2.32. The first-order chi connectivity index (χ1) is 7.69. The summed E-state index contributed by atoms with van der Waals surface area (Å²) >= 11 is 0. The van der Waals surface area contributed by atoms with E-state index < -0.39 is 5.54 Å². The van der Waals surface area contributed by atoms with E-state index >= 15 is 0 Å². The van der Waals surface area contributed by atoms with Gasteiger partial charge in [0, 0.05) is 13.1 Å². The summed E-state index contributed by atoms with van der Waals surface area (Å²) in [6, 6.07) is 0. The van der Waals surface area contributed by atoms with E-state index in [4.69, 9.17) is 5.73 Å². The predicted molar refractivity (Wildman–Crippen MR) is 70.7 cm³/mol. The highest BCUT2D eigenvalue weighted by Gasteiger charge is 2.37. The van der Waals surface area contributed by atoms with Crippen molar-refractivity contribution in [1.29, 1.82) is 0 Å². The average Bonchev–Trinajstić information content (AvgIpc) is 2.65. The monoisotopic (exact) mass is 241 g/mol. The maximum absolute atomic E-state index is 11.5. The number of likely N-dealkylation sites (tertiary alicyclic amines) is 1. The highest BCUT2D eigenvalue weighted by atomic mass is 16.1. The number of nitrogens with zero attached hydrogens (tertiary/aromatic N) is 1. The van der Waals surface area contributed by atoms with Crippen molar-refractivity contribution in [1.82, 2.24) is 10.2 Å². The van der Waals surface area contributed by atoms with Gasteiger partial charge in [-0.1, -0.05) is 20.8 Å². The molecule has 100 valence electrons. The Kier molecular flexibility index (Phi) is 4.20. The van der Waals surface area contributed by atoms with Crippen LogP contribution >= 0.6 is 0 Å². The van der Waals surface area contributed by atoms with E-state index in [1.165, 1.54) is 6.42 Å². The Balaban J connectivity index is 2.58. The zero-order valence-electron chi connectivity index (χ0n) is 11.8. The fraction of sp³-hybridized carbons (Fsp3) is 0.923. The number of carbonyl (C=O) groups excluding carboxylic acids is 1. The Bertz CT molecular complexity index is 285. The molecule has 2 unspecified atom stereocenters. The first-order valence-electron chi connectivity index (χ1n) is 6.40. The van der Waals surface area contributed by atoms with Crippen molar-refractivity contribution in [2.45, 2.75) is 39.7 Å². The third-order valence-electron chi connectivity index (χ3n) is 4.13. The minimum Gasteiger partial charge on any atom is -0.368 e. The molecule has 1 fully saturated rings. The Morgan fingerprint density at radius 2 is 2.00 bits per heavy atom. The molecule has 2 atom stereocenters. The number of carbonyl (C=O) groups is 1. The van der Waals surface area contributed by atoms with Gasteiger partial charge >= 0.3 is 0 Å². The van der Waals surface area contributed by atoms with Crippen LogP contribution in [0.15, 0.2) is 0 Å². The number of likely N-dealkylation sites (N-methyl/N-ethyl adjacent to an activating group) is 1. The van der Waals surface area contributed by atoms with Crippen molar-refractivity contribution in [3.63, 3.8) is 0 Å². The van der Waals surface area contributed by atoms with Crippen LogP contribution < -0.4 is 11.1 Å². The third-order valence-corrected chi connectivity index (χ3v) is 4.13. The summed E-state index contributed by atoms with van der Waals surface area (Å²) in [6.07, 6.45) is 1.21. The van der Waals surface area contributed by atoms with Crippen LogP contribution in [0.1, 0.15) is 34.1 Å². The van der Waals surface area contributed by atoms with Gasteiger partial charge in [0.05, 0.1) is 0 Å². The van der Waals surface area contributed by atoms with E-state index in [1.54, 1.807) is 7.05 Å². The molecule has 0 aromatic heterocycles. The van der Waals surface area contributed by atoms with Crippen molar-refractivity contribution in [3.05, 3.63) is 0 Å². The van der Waals surface area contributed by atoms with E-state index in [9.17, 15) is 4.79 Å². The van der Waals surface area contributed by atoms with Gasteiger partial charge in [0.25, 0.3) is 0 Å². The number of rotatable bonds is 4. The van der Waals surface area contributed by atoms with Crippen LogP contribution in [0.25, 0.3) is 0 Å². The quantitative estimate of drug-likeness (QED) is 0.766. The summed E-state index contributed by atoms with van der Waals surface area (Å²) in [5, 5.41) is 3.04. The molecule has 1 aliphatic heterocycles. The number of hydrogen-bond donors (Lipinski definition) is 2. The van der Waals surface area contributed by atoms with Gasteiger partial charge in [-0.15, -0.1) is 0 Å². The van der Waals surface area contributed by atoms with E-state index in [-0.39, 0.29) is 5.91 Å². The first kappa shape index (κ1) is 14.5. The van der Waals surface area contributed by atoms with Crippen LogP contribution in [0.3, 0.4) is 0 Å². The summed E-state index contributed by atoms with van der Waals surface area (Å²) in [7, 11) is 1.79. The molecular weight excluding hydrogens is 214 g/mol. The number of amides is 1. The molecule has 1 saturated heterocycles. The molecule has 4 heteroatoms. The molecule has 0 aliphatic carbocycles. The van der Waals surface area contributed by atoms with Crippen LogP contribution in [0.2, 0.25) is 0 Å². The van der Waals surface area contributed by atoms with Crippen molar-refractivity contribution in [2.24, 2.45) is 17.1 Å². The number of nitrogens with two attached hydrogens (primary N) is 1. The Morgan fingerprint density at radius 1 is 1.41 bits per heavy atom. The van der Waals surface area contributed by atoms with Crippen LogP contribution in [0.4, 0.5) is 0 Å². The normalized spacial score (nSPS) is 25.8. The molecule has 0 bridgehead atoms. The van der Waals surface area contributed by atoms with Crippen LogP contribution in [0.5, 0.6) is 0 Å². The van der Waals surface area contributed by atoms with Gasteiger partial charge in [0.2, 0.25) is 5.91 Å². The molecular formula is C13H27N3O. The van der Waals surface area contributed by atoms with Crippen LogP contribution in [-0.2, 0) is 4.79 Å². The Labute approximate surface area is 105 Å². The van der Waals surface area contributed by atoms with Crippen molar-refractivity contribution in [2.75, 3.05) is 26.7 Å². The average molecular weight is 241 g/mol. The van der Waals surface area contributed by atoms with Crippen LogP contribution in [-0.4, -0.2) is 43.0 Å². The Morgan fingerprint density at radius 3 is 2.35 bits per heavy atom. The van der Waals surface area contributed by atoms with E-state index in [2.05, 4.69) is 31.0 Å². The van der Waals surface area contributed by atoms with Crippen molar-refractivity contribution in [3.8, 4) is 0 Å². The van der Waals surface area contributed by atoms with Gasteiger partial charge in [-0.05, 0) is 38.3 Å². The lowest BCUT2D eigenvalue weighted by atomic mass is 9.80. The summed E-state index contributed by atoms with van der Waals surface area (Å²) < 4.78 is 0. The molecule has 1 aliphatic rings. The summed E-state index contributed by atoms with van der Waals surface area (Å²) in [5.41, 5.74) is 5.18. The molecule has 4 nitrogen and oxygen atoms in total. The van der Waals surface area contributed by atoms with Gasteiger partial charge < -0.3 is 16.0 Å². The number of nitrogens with one attached hydrogen (secondary N) is 1. The van der Waals surface area contributed by atoms with E-state index in [0.29, 0.717) is 17.9 Å². The second kappa shape index (κ2) is 4.94. The molecule has 3 N–H and O–H groups in total. The number of primary amides is 1. The van der Waals surface area contributed by atoms with Crippen molar-refractivity contribution < 1.29 is 4.79 Å². The molecule has 1 rings (SSSR count). The minimum absolute atomic E-state index is 0.279. The zero-order valence-corrected chi connectivity index (χ0v) is 11.8. The number of hydrogen-bond acceptors (Lipinski definition) is 3. The zero-order chi connectivity index (χ0) is 13.3. The molecule has 0 aromatic carbocycles. The van der Waals surface area contributed by atoms with E-state index in [1.807, 2.05) is 6.92 Å². The van der Waals surface area contributed by atoms with Gasteiger partial charge in [0.15, 0.2) is 0 Å². The predicted octanol–water partition coefficient (Wildman–Crippen LogP) is 0.818. The van der Waals surface area contributed by atoms with Gasteiger partial charge in [-0.25, -0.2) is 0 Å². The molecule has 0 aromatic rings. The Hall–Kier alpha value is -0.610. The molecule has 0 radical (unpaired) electrons. The molecule has 17 heavy (non-hydrogen) atoms. The summed E-state index contributed by atoms with van der Waals surface area (Å²) in [4.78, 5) is 13.8. The van der Waals surface area contributed by atoms with Crippen LogP contribution in [0, 0.1) is 11.3 Å². The third kappa shape index (κ3) is 3.42. The molecule has 0 spiro atoms. The van der Waals surface area contributed by atoms with Crippen molar-refractivity contribution >= 4 is 5.91 Å². The maximum Gasteiger partial charge on any atom is 0.238 e. The summed E-state index contributed by atoms with van der Waals surface area (Å²) in [6.45, 7) is 11.6. The standard InChI is InChI=1S/C13H27N3O/c1-12(2,3)10-6-7-16(8-10)9-13(4,15-5)11(14)17/h10,15H,6-9H2,1-5H3,(H2,14,17). The maximum atomic E-state index is 11.5.